The molecule has 0 bridgehead atoms. The Labute approximate surface area is 226 Å². The Hall–Kier alpha value is -5.89. The molecule has 0 aliphatic rings. The number of nitrogens with zero attached hydrogens (tertiary/aromatic N) is 4. The summed E-state index contributed by atoms with van der Waals surface area (Å²) in [5.74, 6) is -1.40. The van der Waals surface area contributed by atoms with Gasteiger partial charge in [-0.1, -0.05) is 35.5 Å². The molecule has 11 heteroatoms. The molecule has 6 rings (SSSR count). The highest BCUT2D eigenvalue weighted by molar-refractivity contribution is 6.12. The maximum atomic E-state index is 13.4. The lowest BCUT2D eigenvalue weighted by molar-refractivity contribution is 0.101. The van der Waals surface area contributed by atoms with Crippen molar-refractivity contribution in [1.29, 1.82) is 5.26 Å². The maximum absolute atomic E-state index is 13.4. The van der Waals surface area contributed by atoms with Gasteiger partial charge in [-0.2, -0.15) is 5.26 Å². The molecule has 0 atom stereocenters. The number of anilines is 2. The van der Waals surface area contributed by atoms with Gasteiger partial charge in [-0.3, -0.25) is 19.1 Å². The van der Waals surface area contributed by atoms with Crippen molar-refractivity contribution in [1.82, 2.24) is 19.3 Å². The number of nitrogens with one attached hydrogen (secondary N) is 3. The third-order valence-corrected chi connectivity index (χ3v) is 6.81. The van der Waals surface area contributed by atoms with Gasteiger partial charge in [0.1, 0.15) is 11.4 Å². The number of fused-ring (bicyclic) bond motifs is 2. The van der Waals surface area contributed by atoms with Gasteiger partial charge in [0.25, 0.3) is 11.8 Å². The first kappa shape index (κ1) is 24.4. The van der Waals surface area contributed by atoms with Crippen LogP contribution in [0.25, 0.3) is 33.2 Å². The lowest BCUT2D eigenvalue weighted by atomic mass is 10.1. The topological polar surface area (TPSA) is 151 Å². The van der Waals surface area contributed by atoms with E-state index in [-0.39, 0.29) is 11.7 Å². The van der Waals surface area contributed by atoms with E-state index in [9.17, 15) is 19.6 Å². The number of benzene rings is 3. The van der Waals surface area contributed by atoms with Gasteiger partial charge in [-0.05, 0) is 42.5 Å². The lowest BCUT2D eigenvalue weighted by Gasteiger charge is -2.12. The molecule has 0 saturated carbocycles. The number of rotatable bonds is 5. The molecule has 3 heterocycles. The van der Waals surface area contributed by atoms with Gasteiger partial charge in [0.05, 0.1) is 28.5 Å². The molecule has 196 valence electrons. The Morgan fingerprint density at radius 2 is 1.57 bits per heavy atom. The monoisotopic (exact) mass is 531 g/mol. The number of carbonyl (C=O) groups is 2. The van der Waals surface area contributed by atoms with E-state index in [4.69, 9.17) is 0 Å². The van der Waals surface area contributed by atoms with Crippen LogP contribution in [0.5, 0.6) is 0 Å². The number of aromatic amines is 1. The van der Waals surface area contributed by atoms with Crippen LogP contribution >= 0.6 is 0 Å². The minimum Gasteiger partial charge on any atom is -0.340 e. The molecule has 40 heavy (non-hydrogen) atoms. The van der Waals surface area contributed by atoms with Crippen molar-refractivity contribution in [2.45, 2.75) is 0 Å². The molecule has 0 saturated heterocycles. The van der Waals surface area contributed by atoms with Crippen LogP contribution in [0.2, 0.25) is 0 Å². The Morgan fingerprint density at radius 3 is 2.30 bits per heavy atom. The van der Waals surface area contributed by atoms with Gasteiger partial charge in [-0.25, -0.2) is 4.79 Å². The van der Waals surface area contributed by atoms with Crippen LogP contribution in [0.1, 0.15) is 26.5 Å². The van der Waals surface area contributed by atoms with E-state index in [2.05, 4.69) is 25.3 Å². The van der Waals surface area contributed by atoms with Crippen LogP contribution < -0.4 is 16.4 Å². The van der Waals surface area contributed by atoms with Crippen LogP contribution in [0.3, 0.4) is 0 Å². The fourth-order valence-corrected chi connectivity index (χ4v) is 4.88. The van der Waals surface area contributed by atoms with Gasteiger partial charge in [0.2, 0.25) is 0 Å². The van der Waals surface area contributed by atoms with E-state index in [0.29, 0.717) is 39.4 Å². The normalized spacial score (nSPS) is 11.0. The van der Waals surface area contributed by atoms with E-state index < -0.39 is 11.7 Å². The molecule has 3 aromatic carbocycles. The molecule has 3 aromatic heterocycles. The van der Waals surface area contributed by atoms with Crippen LogP contribution in [-0.2, 0) is 14.1 Å². The summed E-state index contributed by atoms with van der Waals surface area (Å²) in [6, 6.07) is 23.4. The molecule has 0 aliphatic heterocycles. The molecule has 0 fully saturated rings. The van der Waals surface area contributed by atoms with Crippen molar-refractivity contribution < 1.29 is 14.1 Å². The van der Waals surface area contributed by atoms with Crippen molar-refractivity contribution in [3.05, 3.63) is 100 Å². The Bertz CT molecular complexity index is 2070. The van der Waals surface area contributed by atoms with Crippen LogP contribution in [0.15, 0.2) is 82.1 Å². The van der Waals surface area contributed by atoms with E-state index in [1.54, 1.807) is 41.9 Å². The molecule has 0 aliphatic carbocycles. The summed E-state index contributed by atoms with van der Waals surface area (Å²) in [5.41, 5.74) is 3.95. The second-order valence-electron chi connectivity index (χ2n) is 9.20. The Kier molecular flexibility index (Phi) is 5.77. The van der Waals surface area contributed by atoms with E-state index >= 15 is 0 Å². The molecule has 0 spiro atoms. The van der Waals surface area contributed by atoms with Crippen LogP contribution in [-0.4, -0.2) is 31.1 Å². The highest BCUT2D eigenvalue weighted by atomic mass is 16.5. The quantitative estimate of drug-likeness (QED) is 0.300. The minimum absolute atomic E-state index is 0.0766. The first-order valence-corrected chi connectivity index (χ1v) is 12.2. The zero-order valence-electron chi connectivity index (χ0n) is 21.4. The standard InChI is InChI=1S/C29H21N7O4/c1-35-22-9-4-3-6-17(22)13-23(35)27(37)32-21-8-5-7-18-14-24(36(2)25(18)21)28(38)31-20-11-10-16(15-30)12-19(20)26-33-29(39)40-34-26/h3-14H,1-2H3,(H,31,38)(H,32,37)(H,33,34,39). The first-order valence-electron chi connectivity index (χ1n) is 12.2. The predicted octanol–water partition coefficient (Wildman–Crippen LogP) is 4.39. The van der Waals surface area contributed by atoms with Crippen molar-refractivity contribution in [3.8, 4) is 17.5 Å². The Balaban J connectivity index is 1.33. The van der Waals surface area contributed by atoms with E-state index in [0.717, 1.165) is 16.3 Å². The zero-order chi connectivity index (χ0) is 28.0. The van der Waals surface area contributed by atoms with Crippen molar-refractivity contribution in [2.24, 2.45) is 14.1 Å². The molecule has 0 unspecified atom stereocenters. The van der Waals surface area contributed by atoms with Gasteiger partial charge >= 0.3 is 5.76 Å². The molecule has 11 nitrogen and oxygen atoms in total. The van der Waals surface area contributed by atoms with Gasteiger partial charge in [-0.15, -0.1) is 0 Å². The summed E-state index contributed by atoms with van der Waals surface area (Å²) in [6.07, 6.45) is 0. The summed E-state index contributed by atoms with van der Waals surface area (Å²) >= 11 is 0. The predicted molar refractivity (Wildman–Crippen MR) is 149 cm³/mol. The Morgan fingerprint density at radius 1 is 0.875 bits per heavy atom. The number of aryl methyl sites for hydroxylation is 2. The number of aromatic nitrogens is 4. The number of hydrogen-bond acceptors (Lipinski definition) is 6. The van der Waals surface area contributed by atoms with E-state index in [1.165, 1.54) is 6.07 Å². The summed E-state index contributed by atoms with van der Waals surface area (Å²) in [4.78, 5) is 40.7. The maximum Gasteiger partial charge on any atom is 0.439 e. The van der Waals surface area contributed by atoms with Crippen molar-refractivity contribution >= 4 is 45.0 Å². The van der Waals surface area contributed by atoms with E-state index in [1.807, 2.05) is 54.1 Å². The molecule has 0 radical (unpaired) electrons. The second-order valence-corrected chi connectivity index (χ2v) is 9.20. The number of hydrogen-bond donors (Lipinski definition) is 3. The fourth-order valence-electron chi connectivity index (χ4n) is 4.88. The molecule has 2 amide bonds. The van der Waals surface area contributed by atoms with Crippen molar-refractivity contribution in [3.63, 3.8) is 0 Å². The van der Waals surface area contributed by atoms with Crippen LogP contribution in [0, 0.1) is 11.3 Å². The third kappa shape index (κ3) is 4.10. The number of carbonyl (C=O) groups excluding carboxylic acids is 2. The fraction of sp³-hybridized carbons (Fsp3) is 0.0690. The second kappa shape index (κ2) is 9.45. The van der Waals surface area contributed by atoms with Crippen molar-refractivity contribution in [2.75, 3.05) is 10.6 Å². The molecular formula is C29H21N7O4. The number of amides is 2. The summed E-state index contributed by atoms with van der Waals surface area (Å²) in [5, 5.41) is 20.5. The summed E-state index contributed by atoms with van der Waals surface area (Å²) < 4.78 is 8.14. The number of nitriles is 1. The highest BCUT2D eigenvalue weighted by Gasteiger charge is 2.20. The van der Waals surface area contributed by atoms with Gasteiger partial charge in [0, 0.05) is 35.9 Å². The first-order chi connectivity index (χ1) is 19.3. The lowest BCUT2D eigenvalue weighted by Crippen LogP contribution is -2.18. The summed E-state index contributed by atoms with van der Waals surface area (Å²) in [6.45, 7) is 0. The van der Waals surface area contributed by atoms with Gasteiger partial charge in [0.15, 0.2) is 5.82 Å². The molecular weight excluding hydrogens is 510 g/mol. The highest BCUT2D eigenvalue weighted by Crippen LogP contribution is 2.30. The molecule has 3 N–H and O–H groups in total. The smallest absolute Gasteiger partial charge is 0.340 e. The number of H-pyrrole nitrogens is 1. The number of para-hydroxylation sites is 2. The minimum atomic E-state index is -0.763. The molecule has 6 aromatic rings. The SMILES string of the molecule is Cn1c(C(=O)Nc2cccc3cc(C(=O)Nc4ccc(C#N)cc4-c4noc(=O)[nH]4)n(C)c23)cc2ccccc21. The zero-order valence-corrected chi connectivity index (χ0v) is 21.4. The van der Waals surface area contributed by atoms with Crippen LogP contribution in [0.4, 0.5) is 11.4 Å². The average Bonchev–Trinajstić information content (AvgIpc) is 3.64. The third-order valence-electron chi connectivity index (χ3n) is 6.81. The average molecular weight is 532 g/mol. The largest absolute Gasteiger partial charge is 0.439 e. The van der Waals surface area contributed by atoms with Gasteiger partial charge < -0.3 is 19.8 Å². The summed E-state index contributed by atoms with van der Waals surface area (Å²) in [7, 11) is 3.58.